The molecule has 0 amide bonds. The van der Waals surface area contributed by atoms with Crippen molar-refractivity contribution < 1.29 is 32.9 Å². The summed E-state index contributed by atoms with van der Waals surface area (Å²) in [5, 5.41) is 25.9. The van der Waals surface area contributed by atoms with Gasteiger partial charge in [-0.1, -0.05) is 12.1 Å². The Morgan fingerprint density at radius 1 is 1.36 bits per heavy atom. The van der Waals surface area contributed by atoms with E-state index in [1.54, 1.807) is 5.38 Å². The minimum absolute atomic E-state index is 0.00150. The first-order valence-corrected chi connectivity index (χ1v) is 9.19. The van der Waals surface area contributed by atoms with Crippen molar-refractivity contribution in [1.29, 1.82) is 0 Å². The highest BCUT2D eigenvalue weighted by molar-refractivity contribution is 7.80. The highest BCUT2D eigenvalue weighted by Crippen LogP contribution is 2.45. The van der Waals surface area contributed by atoms with Gasteiger partial charge in [0, 0.05) is 0 Å². The van der Waals surface area contributed by atoms with E-state index in [0.717, 1.165) is 11.3 Å². The summed E-state index contributed by atoms with van der Waals surface area (Å²) in [6, 6.07) is 5.41. The third-order valence-electron chi connectivity index (χ3n) is 4.42. The number of carbonyl (C=O) groups excluding carboxylic acids is 1. The number of thiophene rings is 1. The highest BCUT2D eigenvalue weighted by atomic mass is 32.1. The number of ketones is 1. The van der Waals surface area contributed by atoms with E-state index in [2.05, 4.69) is 5.32 Å². The molecular formula is C17H15F3N2O4S2. The summed E-state index contributed by atoms with van der Waals surface area (Å²) < 4.78 is 46.5. The number of phenolic OH excluding ortho intramolecular Hbond substituents is 1. The van der Waals surface area contributed by atoms with Crippen LogP contribution in [0.15, 0.2) is 35.7 Å². The zero-order chi connectivity index (χ0) is 20.7. The van der Waals surface area contributed by atoms with E-state index in [-0.39, 0.29) is 21.9 Å². The number of methoxy groups -OCH3 is 1. The minimum Gasteiger partial charge on any atom is -0.504 e. The van der Waals surface area contributed by atoms with Crippen LogP contribution in [-0.2, 0) is 0 Å². The molecule has 1 saturated heterocycles. The first-order valence-electron chi connectivity index (χ1n) is 7.91. The normalized spacial score (nSPS) is 25.0. The number of ether oxygens (including phenoxy) is 1. The number of carbonyl (C=O) groups is 1. The summed E-state index contributed by atoms with van der Waals surface area (Å²) in [4.78, 5) is 13.0. The van der Waals surface area contributed by atoms with Crippen LogP contribution in [0.25, 0.3) is 0 Å². The molecule has 0 bridgehead atoms. The summed E-state index contributed by atoms with van der Waals surface area (Å²) in [5.74, 6) is -3.13. The minimum atomic E-state index is -5.20. The Hall–Kier alpha value is -2.37. The molecule has 3 rings (SSSR count). The third-order valence-corrected chi connectivity index (χ3v) is 5.52. The number of hydrogen-bond donors (Lipinski definition) is 4. The number of Topliss-reactive ketones (excluding diaryl/α,β-unsaturated/α-hetero) is 1. The molecule has 1 aromatic carbocycles. The molecule has 3 atom stereocenters. The first kappa shape index (κ1) is 20.4. The molecule has 1 aliphatic heterocycles. The van der Waals surface area contributed by atoms with E-state index in [0.29, 0.717) is 0 Å². The van der Waals surface area contributed by atoms with Crippen LogP contribution in [-0.4, -0.2) is 40.1 Å². The van der Waals surface area contributed by atoms with Gasteiger partial charge in [0.15, 0.2) is 22.4 Å². The van der Waals surface area contributed by atoms with Gasteiger partial charge in [0.1, 0.15) is 5.92 Å². The second-order valence-corrected chi connectivity index (χ2v) is 7.45. The SMILES string of the molecule is COc1cc([C@@H]2NC(=S)N[C@](O)(C(F)(F)F)[C@@H]2C(=O)c2cccs2)ccc1O. The molecule has 0 radical (unpaired) electrons. The summed E-state index contributed by atoms with van der Waals surface area (Å²) in [5.41, 5.74) is -3.41. The molecule has 0 aliphatic carbocycles. The summed E-state index contributed by atoms with van der Waals surface area (Å²) in [7, 11) is 1.28. The molecular weight excluding hydrogens is 417 g/mol. The first-order chi connectivity index (χ1) is 13.1. The van der Waals surface area contributed by atoms with Crippen molar-refractivity contribution in [2.75, 3.05) is 7.11 Å². The van der Waals surface area contributed by atoms with E-state index >= 15 is 0 Å². The molecule has 6 nitrogen and oxygen atoms in total. The number of rotatable bonds is 4. The molecule has 11 heteroatoms. The van der Waals surface area contributed by atoms with Crippen molar-refractivity contribution in [1.82, 2.24) is 10.6 Å². The van der Waals surface area contributed by atoms with Crippen LogP contribution in [0.5, 0.6) is 11.5 Å². The summed E-state index contributed by atoms with van der Waals surface area (Å²) in [6.07, 6.45) is -5.20. The van der Waals surface area contributed by atoms with Gasteiger partial charge in [-0.2, -0.15) is 13.2 Å². The maximum Gasteiger partial charge on any atom is 0.437 e. The van der Waals surface area contributed by atoms with Crippen LogP contribution >= 0.6 is 23.6 Å². The molecule has 1 aliphatic rings. The molecule has 1 aromatic heterocycles. The molecule has 28 heavy (non-hydrogen) atoms. The van der Waals surface area contributed by atoms with Gasteiger partial charge in [-0.3, -0.25) is 4.79 Å². The molecule has 4 N–H and O–H groups in total. The molecule has 150 valence electrons. The van der Waals surface area contributed by atoms with Gasteiger partial charge < -0.3 is 25.6 Å². The number of phenols is 1. The number of halogens is 3. The van der Waals surface area contributed by atoms with Gasteiger partial charge in [-0.15, -0.1) is 11.3 Å². The van der Waals surface area contributed by atoms with Gasteiger partial charge in [-0.05, 0) is 41.4 Å². The fourth-order valence-corrected chi connectivity index (χ4v) is 4.06. The Labute approximate surface area is 166 Å². The van der Waals surface area contributed by atoms with Crippen LogP contribution in [0.4, 0.5) is 13.2 Å². The maximum atomic E-state index is 13.8. The second-order valence-electron chi connectivity index (χ2n) is 6.09. The summed E-state index contributed by atoms with van der Waals surface area (Å²) in [6.45, 7) is 0. The fourth-order valence-electron chi connectivity index (χ4n) is 3.08. The topological polar surface area (TPSA) is 90.8 Å². The molecule has 0 unspecified atom stereocenters. The zero-order valence-electron chi connectivity index (χ0n) is 14.3. The van der Waals surface area contributed by atoms with E-state index in [1.807, 2.05) is 5.32 Å². The van der Waals surface area contributed by atoms with Gasteiger partial charge in [0.25, 0.3) is 0 Å². The van der Waals surface area contributed by atoms with Crippen molar-refractivity contribution in [3.05, 3.63) is 46.2 Å². The Bertz CT molecular complexity index is 904. The van der Waals surface area contributed by atoms with Gasteiger partial charge in [0.05, 0.1) is 18.0 Å². The van der Waals surface area contributed by atoms with Gasteiger partial charge >= 0.3 is 6.18 Å². The lowest BCUT2D eigenvalue weighted by molar-refractivity contribution is -0.285. The van der Waals surface area contributed by atoms with Crippen molar-refractivity contribution in [3.8, 4) is 11.5 Å². The number of aliphatic hydroxyl groups is 1. The second kappa shape index (κ2) is 7.22. The van der Waals surface area contributed by atoms with Crippen LogP contribution in [0.1, 0.15) is 21.3 Å². The Morgan fingerprint density at radius 3 is 2.64 bits per heavy atom. The number of benzene rings is 1. The van der Waals surface area contributed by atoms with Crippen molar-refractivity contribution >= 4 is 34.5 Å². The average molecular weight is 432 g/mol. The number of alkyl halides is 3. The van der Waals surface area contributed by atoms with Crippen molar-refractivity contribution in [3.63, 3.8) is 0 Å². The molecule has 2 heterocycles. The van der Waals surface area contributed by atoms with Crippen molar-refractivity contribution in [2.24, 2.45) is 5.92 Å². The number of thiocarbonyl (C=S) groups is 1. The Balaban J connectivity index is 2.17. The number of aromatic hydroxyl groups is 1. The van der Waals surface area contributed by atoms with E-state index < -0.39 is 34.8 Å². The zero-order valence-corrected chi connectivity index (χ0v) is 15.9. The monoisotopic (exact) mass is 432 g/mol. The lowest BCUT2D eigenvalue weighted by atomic mass is 9.78. The lowest BCUT2D eigenvalue weighted by Gasteiger charge is -2.46. The van der Waals surface area contributed by atoms with Crippen LogP contribution in [0, 0.1) is 5.92 Å². The predicted octanol–water partition coefficient (Wildman–Crippen LogP) is 2.73. The smallest absolute Gasteiger partial charge is 0.437 e. The quantitative estimate of drug-likeness (QED) is 0.436. The molecule has 1 fully saturated rings. The Kier molecular flexibility index (Phi) is 5.26. The molecule has 0 saturated carbocycles. The van der Waals surface area contributed by atoms with E-state index in [9.17, 15) is 28.2 Å². The average Bonchev–Trinajstić information content (AvgIpc) is 3.15. The largest absolute Gasteiger partial charge is 0.504 e. The lowest BCUT2D eigenvalue weighted by Crippen LogP contribution is -2.72. The fraction of sp³-hybridized carbons (Fsp3) is 0.294. The van der Waals surface area contributed by atoms with Crippen LogP contribution in [0.3, 0.4) is 0 Å². The molecule has 0 spiro atoms. The van der Waals surface area contributed by atoms with Crippen molar-refractivity contribution in [2.45, 2.75) is 17.9 Å². The van der Waals surface area contributed by atoms with E-state index in [4.69, 9.17) is 17.0 Å². The van der Waals surface area contributed by atoms with E-state index in [1.165, 1.54) is 37.4 Å². The third kappa shape index (κ3) is 3.40. The predicted molar refractivity (Wildman–Crippen MR) is 99.4 cm³/mol. The van der Waals surface area contributed by atoms with Gasteiger partial charge in [-0.25, -0.2) is 0 Å². The molecule has 2 aromatic rings. The van der Waals surface area contributed by atoms with Crippen LogP contribution < -0.4 is 15.4 Å². The standard InChI is InChI=1S/C17H15F3N2O4S2/c1-26-10-7-8(4-5-9(10)23)13-12(14(24)11-3-2-6-28-11)16(25,17(18,19)20)22-15(27)21-13/h2-7,12-13,23,25H,1H3,(H2,21,22,27)/t12-,13-,16+/m0/s1. The summed E-state index contributed by atoms with van der Waals surface area (Å²) >= 11 is 5.82. The van der Waals surface area contributed by atoms with Crippen LogP contribution in [0.2, 0.25) is 0 Å². The number of nitrogens with one attached hydrogen (secondary N) is 2. The Morgan fingerprint density at radius 2 is 2.07 bits per heavy atom. The highest BCUT2D eigenvalue weighted by Gasteiger charge is 2.65. The van der Waals surface area contributed by atoms with Gasteiger partial charge in [0.2, 0.25) is 5.72 Å². The number of hydrogen-bond acceptors (Lipinski definition) is 6. The maximum absolute atomic E-state index is 13.8.